The Morgan fingerprint density at radius 1 is 0.955 bits per heavy atom. The first-order chi connectivity index (χ1) is 9.99. The van der Waals surface area contributed by atoms with Gasteiger partial charge in [0.25, 0.3) is 0 Å². The largest absolute Gasteiger partial charge is 0.469 e. The lowest BCUT2D eigenvalue weighted by atomic mass is 10.0. The third-order valence-corrected chi connectivity index (χ3v) is 2.55. The second-order valence-electron chi connectivity index (χ2n) is 3.98. The van der Waals surface area contributed by atoms with Gasteiger partial charge in [-0.25, -0.2) is 4.57 Å². The molecule has 0 heterocycles. The van der Waals surface area contributed by atoms with Gasteiger partial charge in [-0.05, 0) is 0 Å². The first kappa shape index (κ1) is 23.8. The molecular weight excluding hydrogens is 331 g/mol. The molecule has 0 aliphatic rings. The molecule has 13 heteroatoms. The fourth-order valence-corrected chi connectivity index (χ4v) is 1.22. The van der Waals surface area contributed by atoms with Crippen LogP contribution in [0.5, 0.6) is 0 Å². The zero-order valence-corrected chi connectivity index (χ0v) is 12.2. The highest BCUT2D eigenvalue weighted by molar-refractivity contribution is 7.46. The Kier molecular flexibility index (Phi) is 12.9. The average Bonchev–Trinajstić information content (AvgIpc) is 2.49. The van der Waals surface area contributed by atoms with E-state index in [0.29, 0.717) is 0 Å². The Balaban J connectivity index is 0. The maximum absolute atomic E-state index is 9.93. The molecule has 0 rings (SSSR count). The maximum atomic E-state index is 9.93. The highest BCUT2D eigenvalue weighted by atomic mass is 31.2. The number of aliphatic hydroxyl groups excluding tert-OH is 7. The lowest BCUT2D eigenvalue weighted by molar-refractivity contribution is -0.136. The summed E-state index contributed by atoms with van der Waals surface area (Å²) >= 11 is 0. The monoisotopic (exact) mass is 352 g/mol. The van der Waals surface area contributed by atoms with Crippen LogP contribution in [0.4, 0.5) is 0 Å². The van der Waals surface area contributed by atoms with E-state index in [9.17, 15) is 9.36 Å². The highest BCUT2D eigenvalue weighted by Crippen LogP contribution is 2.35. The van der Waals surface area contributed by atoms with E-state index in [1.54, 1.807) is 0 Å². The van der Waals surface area contributed by atoms with Gasteiger partial charge in [-0.1, -0.05) is 0 Å². The summed E-state index contributed by atoms with van der Waals surface area (Å²) in [7, 11) is -4.50. The first-order valence-electron chi connectivity index (χ1n) is 5.77. The SMILES string of the molecule is O=C[C@H](O)[C@@H](O)[C@H](O)[C@H](O)CO.O=P(O)(O)OCC(O)CO. The molecule has 0 aliphatic carbocycles. The first-order valence-corrected chi connectivity index (χ1v) is 7.30. The Morgan fingerprint density at radius 3 is 1.77 bits per heavy atom. The van der Waals surface area contributed by atoms with Crippen LogP contribution in [0.15, 0.2) is 0 Å². The second-order valence-corrected chi connectivity index (χ2v) is 5.22. The predicted molar refractivity (Wildman–Crippen MR) is 68.3 cm³/mol. The molecule has 134 valence electrons. The molecule has 0 saturated heterocycles. The summed E-state index contributed by atoms with van der Waals surface area (Å²) in [4.78, 5) is 26.0. The Morgan fingerprint density at radius 2 is 1.45 bits per heavy atom. The number of aldehydes is 1. The molecule has 22 heavy (non-hydrogen) atoms. The quantitative estimate of drug-likeness (QED) is 0.140. The van der Waals surface area contributed by atoms with Gasteiger partial charge in [-0.2, -0.15) is 0 Å². The van der Waals surface area contributed by atoms with Gasteiger partial charge in [0.2, 0.25) is 0 Å². The molecule has 0 radical (unpaired) electrons. The molecule has 1 unspecified atom stereocenters. The van der Waals surface area contributed by atoms with Crippen LogP contribution in [-0.4, -0.2) is 102 Å². The van der Waals surface area contributed by atoms with Gasteiger partial charge in [-0.15, -0.1) is 0 Å². The van der Waals surface area contributed by atoms with Crippen LogP contribution in [0.3, 0.4) is 0 Å². The molecule has 0 fully saturated rings. The predicted octanol–water partition coefficient (Wildman–Crippen LogP) is -4.93. The van der Waals surface area contributed by atoms with Crippen molar-refractivity contribution in [3.8, 4) is 0 Å². The molecule has 0 aromatic rings. The van der Waals surface area contributed by atoms with Crippen LogP contribution in [0.2, 0.25) is 0 Å². The van der Waals surface area contributed by atoms with Crippen molar-refractivity contribution in [2.45, 2.75) is 30.5 Å². The van der Waals surface area contributed by atoms with Crippen LogP contribution in [0.1, 0.15) is 0 Å². The molecule has 0 spiro atoms. The highest BCUT2D eigenvalue weighted by Gasteiger charge is 2.29. The van der Waals surface area contributed by atoms with Crippen LogP contribution in [-0.2, 0) is 13.9 Å². The van der Waals surface area contributed by atoms with E-state index in [2.05, 4.69) is 4.52 Å². The molecule has 5 atom stereocenters. The molecular formula is C9H21O12P. The van der Waals surface area contributed by atoms with Gasteiger partial charge in [0.05, 0.1) is 19.8 Å². The molecule has 0 saturated carbocycles. The molecule has 0 aromatic heterocycles. The summed E-state index contributed by atoms with van der Waals surface area (Å²) in [5.41, 5.74) is 0. The van der Waals surface area contributed by atoms with E-state index in [1.807, 2.05) is 0 Å². The number of carbonyl (C=O) groups is 1. The molecule has 0 bridgehead atoms. The zero-order chi connectivity index (χ0) is 17.9. The lowest BCUT2D eigenvalue weighted by Crippen LogP contribution is -2.46. The number of aliphatic hydroxyl groups is 7. The van der Waals surface area contributed by atoms with Crippen molar-refractivity contribution in [2.75, 3.05) is 19.8 Å². The fraction of sp³-hybridized carbons (Fsp3) is 0.889. The van der Waals surface area contributed by atoms with Crippen molar-refractivity contribution in [1.29, 1.82) is 0 Å². The Bertz CT molecular complexity index is 333. The number of carbonyl (C=O) groups excluding carboxylic acids is 1. The van der Waals surface area contributed by atoms with Crippen LogP contribution in [0, 0.1) is 0 Å². The standard InChI is InChI=1S/C6H12O6.C3H9O6P/c7-1-3(9)5(11)6(12)4(10)2-8;4-1-3(5)2-9-10(6,7)8/h1,3-6,8-12H,2H2;3-5H,1-2H2,(H2,6,7,8)/t3-,4+,5+,6+;/m0./s1. The Hall–Kier alpha value is -0.500. The van der Waals surface area contributed by atoms with Crippen LogP contribution in [0.25, 0.3) is 0 Å². The van der Waals surface area contributed by atoms with Gasteiger partial charge in [-0.3, -0.25) is 4.52 Å². The third-order valence-electron chi connectivity index (χ3n) is 2.07. The normalized spacial score (nSPS) is 18.4. The number of hydrogen-bond acceptors (Lipinski definition) is 10. The molecule has 0 aliphatic heterocycles. The average molecular weight is 352 g/mol. The summed E-state index contributed by atoms with van der Waals surface area (Å²) in [6.07, 6.45) is -8.08. The van der Waals surface area contributed by atoms with E-state index in [4.69, 9.17) is 45.5 Å². The van der Waals surface area contributed by atoms with E-state index in [1.165, 1.54) is 0 Å². The molecule has 0 amide bonds. The van der Waals surface area contributed by atoms with Crippen LogP contribution >= 0.6 is 7.82 Å². The molecule has 9 N–H and O–H groups in total. The van der Waals surface area contributed by atoms with E-state index in [0.717, 1.165) is 0 Å². The van der Waals surface area contributed by atoms with Crippen molar-refractivity contribution >= 4 is 14.1 Å². The summed E-state index contributed by atoms with van der Waals surface area (Å²) in [6, 6.07) is 0. The van der Waals surface area contributed by atoms with Crippen molar-refractivity contribution in [2.24, 2.45) is 0 Å². The number of hydrogen-bond donors (Lipinski definition) is 9. The van der Waals surface area contributed by atoms with Crippen LogP contribution < -0.4 is 0 Å². The van der Waals surface area contributed by atoms with Crippen molar-refractivity contribution in [3.63, 3.8) is 0 Å². The minimum atomic E-state index is -4.50. The molecule has 12 nitrogen and oxygen atoms in total. The van der Waals surface area contributed by atoms with Gasteiger partial charge in [0.15, 0.2) is 6.29 Å². The third kappa shape index (κ3) is 12.1. The minimum Gasteiger partial charge on any atom is -0.394 e. The number of phosphoric acid groups is 1. The number of rotatable bonds is 9. The van der Waals surface area contributed by atoms with Crippen molar-refractivity contribution in [3.05, 3.63) is 0 Å². The van der Waals surface area contributed by atoms with E-state index < -0.39 is 58.2 Å². The smallest absolute Gasteiger partial charge is 0.394 e. The van der Waals surface area contributed by atoms with Crippen molar-refractivity contribution < 1.29 is 59.4 Å². The lowest BCUT2D eigenvalue weighted by Gasteiger charge is -2.22. The summed E-state index contributed by atoms with van der Waals surface area (Å²) < 4.78 is 13.8. The summed E-state index contributed by atoms with van der Waals surface area (Å²) in [5.74, 6) is 0. The maximum Gasteiger partial charge on any atom is 0.469 e. The van der Waals surface area contributed by atoms with E-state index >= 15 is 0 Å². The fourth-order valence-electron chi connectivity index (χ4n) is 0.854. The minimum absolute atomic E-state index is 0.0258. The van der Waals surface area contributed by atoms with Crippen molar-refractivity contribution in [1.82, 2.24) is 0 Å². The molecule has 0 aromatic carbocycles. The van der Waals surface area contributed by atoms with Gasteiger partial charge in [0, 0.05) is 0 Å². The zero-order valence-electron chi connectivity index (χ0n) is 11.3. The Labute approximate surface area is 125 Å². The topological polar surface area (TPSA) is 225 Å². The summed E-state index contributed by atoms with van der Waals surface area (Å²) in [6.45, 7) is -1.91. The van der Waals surface area contributed by atoms with Gasteiger partial charge >= 0.3 is 7.82 Å². The second kappa shape index (κ2) is 12.0. The number of phosphoric ester groups is 1. The van der Waals surface area contributed by atoms with Gasteiger partial charge < -0.3 is 50.3 Å². The van der Waals surface area contributed by atoms with E-state index in [-0.39, 0.29) is 6.29 Å². The van der Waals surface area contributed by atoms with Gasteiger partial charge in [0.1, 0.15) is 30.5 Å². The summed E-state index contributed by atoms with van der Waals surface area (Å²) in [5, 5.41) is 60.2.